The fourth-order valence-electron chi connectivity index (χ4n) is 2.62. The molecule has 13 heteroatoms. The van der Waals surface area contributed by atoms with E-state index in [0.717, 1.165) is 0 Å². The normalized spacial score (nSPS) is 36.6. The fourth-order valence-corrected chi connectivity index (χ4v) is 3.59. The maximum atomic E-state index is 11.5. The van der Waals surface area contributed by atoms with E-state index in [1.54, 1.807) is 0 Å². The minimum absolute atomic E-state index is 0. The van der Waals surface area contributed by atoms with Gasteiger partial charge in [-0.25, -0.2) is 19.5 Å². The zero-order valence-electron chi connectivity index (χ0n) is 12.0. The quantitative estimate of drug-likeness (QED) is 0.421. The summed E-state index contributed by atoms with van der Waals surface area (Å²) in [5.74, 6) is 0.202. The summed E-state index contributed by atoms with van der Waals surface area (Å²) in [6.45, 7) is -0.157. The Kier molecular flexibility index (Phi) is 4.51. The van der Waals surface area contributed by atoms with E-state index >= 15 is 0 Å². The number of rotatable bonds is 1. The number of phosphoric acid groups is 1. The summed E-state index contributed by atoms with van der Waals surface area (Å²) >= 11 is 0. The van der Waals surface area contributed by atoms with Gasteiger partial charge in [-0.3, -0.25) is 13.6 Å². The van der Waals surface area contributed by atoms with Gasteiger partial charge in [0, 0.05) is 29.6 Å². The minimum Gasteiger partial charge on any atom is -0.386 e. The van der Waals surface area contributed by atoms with Crippen LogP contribution in [-0.4, -0.2) is 84.0 Å². The maximum absolute atomic E-state index is 11.5. The van der Waals surface area contributed by atoms with E-state index in [1.165, 1.54) is 17.2 Å². The van der Waals surface area contributed by atoms with Crippen molar-refractivity contribution >= 4 is 54.4 Å². The largest absolute Gasteiger partial charge is 0.472 e. The molecule has 2 aliphatic rings. The van der Waals surface area contributed by atoms with E-state index in [2.05, 4.69) is 19.5 Å². The van der Waals surface area contributed by atoms with Crippen LogP contribution in [0, 0.1) is 0 Å². The first-order chi connectivity index (χ1) is 10.5. The predicted molar refractivity (Wildman–Crippen MR) is 76.1 cm³/mol. The molecule has 1 radical (unpaired) electrons. The summed E-state index contributed by atoms with van der Waals surface area (Å²) in [5, 5.41) is 10.4. The van der Waals surface area contributed by atoms with E-state index < -0.39 is 32.4 Å². The van der Waals surface area contributed by atoms with E-state index in [0.29, 0.717) is 11.2 Å². The van der Waals surface area contributed by atoms with E-state index in [9.17, 15) is 14.6 Å². The Morgan fingerprint density at radius 1 is 1.39 bits per heavy atom. The molecule has 2 aromatic rings. The number of nitrogens with zero attached hydrogens (tertiary/aromatic N) is 4. The molecule has 4 heterocycles. The predicted octanol–water partition coefficient (Wildman–Crippen LogP) is -1.20. The first-order valence-corrected chi connectivity index (χ1v) is 7.88. The molecule has 0 aliphatic carbocycles. The number of anilines is 1. The standard InChI is InChI=1S/C10H12N5O6P.Na/c11-8-5-9(13-2-12-8)15(3-14-5)10-6(16)7-4(20-10)1-19-22(17,18)21-7;/h2-4,6-7,10,16H,1H2,(H,17,18)(H2,11,12,13);/t4-,6+,7-,10-;/m1./s1. The molecule has 0 amide bonds. The van der Waals surface area contributed by atoms with E-state index in [4.69, 9.17) is 15.0 Å². The number of nitrogen functional groups attached to an aromatic ring is 1. The van der Waals surface area contributed by atoms with Crippen LogP contribution in [0.25, 0.3) is 11.2 Å². The molecule has 1 unspecified atom stereocenters. The summed E-state index contributed by atoms with van der Waals surface area (Å²) in [6.07, 6.45) is -1.07. The molecule has 4 rings (SSSR count). The molecule has 4 N–H and O–H groups in total. The van der Waals surface area contributed by atoms with Gasteiger partial charge in [0.2, 0.25) is 0 Å². The molecule has 2 fully saturated rings. The molecule has 0 spiro atoms. The molecular weight excluding hydrogens is 340 g/mol. The van der Waals surface area contributed by atoms with Crippen molar-refractivity contribution in [2.45, 2.75) is 24.5 Å². The van der Waals surface area contributed by atoms with Gasteiger partial charge in [0.05, 0.1) is 12.9 Å². The van der Waals surface area contributed by atoms with Crippen LogP contribution >= 0.6 is 7.82 Å². The first-order valence-electron chi connectivity index (χ1n) is 6.38. The van der Waals surface area contributed by atoms with Crippen molar-refractivity contribution in [2.24, 2.45) is 0 Å². The molecule has 2 aliphatic heterocycles. The Balaban J connectivity index is 0.00000156. The van der Waals surface area contributed by atoms with Crippen LogP contribution in [0.2, 0.25) is 0 Å². The third-order valence-corrected chi connectivity index (χ3v) is 4.61. The molecule has 119 valence electrons. The number of fused-ring (bicyclic) bond motifs is 2. The van der Waals surface area contributed by atoms with Gasteiger partial charge in [0.15, 0.2) is 17.7 Å². The molecule has 0 bridgehead atoms. The smallest absolute Gasteiger partial charge is 0.386 e. The van der Waals surface area contributed by atoms with Gasteiger partial charge in [0.25, 0.3) is 0 Å². The van der Waals surface area contributed by atoms with Crippen molar-refractivity contribution in [1.29, 1.82) is 0 Å². The van der Waals surface area contributed by atoms with Crippen LogP contribution in [-0.2, 0) is 18.3 Å². The minimum atomic E-state index is -4.16. The number of aliphatic hydroxyl groups is 1. The van der Waals surface area contributed by atoms with Crippen molar-refractivity contribution in [2.75, 3.05) is 12.3 Å². The van der Waals surface area contributed by atoms with Gasteiger partial charge < -0.3 is 20.5 Å². The second-order valence-electron chi connectivity index (χ2n) is 4.97. The van der Waals surface area contributed by atoms with Gasteiger partial charge in [-0.15, -0.1) is 0 Å². The number of aliphatic hydroxyl groups excluding tert-OH is 1. The summed E-state index contributed by atoms with van der Waals surface area (Å²) < 4.78 is 28.2. The van der Waals surface area contributed by atoms with E-state index in [1.807, 2.05) is 0 Å². The second kappa shape index (κ2) is 6.03. The van der Waals surface area contributed by atoms with Crippen LogP contribution in [0.3, 0.4) is 0 Å². The summed E-state index contributed by atoms with van der Waals surface area (Å²) in [6, 6.07) is 0. The average Bonchev–Trinajstić information content (AvgIpc) is 3.01. The van der Waals surface area contributed by atoms with Crippen molar-refractivity contribution in [3.05, 3.63) is 12.7 Å². The molecule has 2 aromatic heterocycles. The third kappa shape index (κ3) is 2.82. The maximum Gasteiger partial charge on any atom is 0.472 e. The second-order valence-corrected chi connectivity index (χ2v) is 6.38. The van der Waals surface area contributed by atoms with Crippen LogP contribution in [0.15, 0.2) is 12.7 Å². The molecule has 5 atom stereocenters. The Bertz CT molecular complexity index is 788. The van der Waals surface area contributed by atoms with Gasteiger partial charge in [-0.2, -0.15) is 0 Å². The number of nitrogens with two attached hydrogens (primary N) is 1. The van der Waals surface area contributed by atoms with Crippen LogP contribution < -0.4 is 5.73 Å². The summed E-state index contributed by atoms with van der Waals surface area (Å²) in [4.78, 5) is 21.3. The number of hydrogen-bond donors (Lipinski definition) is 3. The van der Waals surface area contributed by atoms with E-state index in [-0.39, 0.29) is 42.0 Å². The van der Waals surface area contributed by atoms with Crippen LogP contribution in [0.5, 0.6) is 0 Å². The molecule has 0 saturated carbocycles. The van der Waals surface area contributed by atoms with Gasteiger partial charge >= 0.3 is 7.82 Å². The zero-order valence-corrected chi connectivity index (χ0v) is 14.9. The SMILES string of the molecule is Nc1ncnc2c1ncn2[C@@H]1O[C@@H]2COP(=O)(O)O[C@H]2[C@@H]1O.[Na]. The Morgan fingerprint density at radius 2 is 2.17 bits per heavy atom. The van der Waals surface area contributed by atoms with Gasteiger partial charge in [-0.05, 0) is 0 Å². The molecule has 2 saturated heterocycles. The van der Waals surface area contributed by atoms with Crippen LogP contribution in [0.4, 0.5) is 5.82 Å². The van der Waals surface area contributed by atoms with Crippen molar-refractivity contribution in [3.8, 4) is 0 Å². The topological polar surface area (TPSA) is 155 Å². The van der Waals surface area contributed by atoms with Crippen LogP contribution in [0.1, 0.15) is 6.23 Å². The number of imidazole rings is 1. The summed E-state index contributed by atoms with van der Waals surface area (Å²) in [5.41, 5.74) is 6.46. The molecule has 0 aromatic carbocycles. The first kappa shape index (κ1) is 17.2. The van der Waals surface area contributed by atoms with Gasteiger partial charge in [-0.1, -0.05) is 0 Å². The third-order valence-electron chi connectivity index (χ3n) is 3.63. The number of hydrogen-bond acceptors (Lipinski definition) is 9. The van der Waals surface area contributed by atoms with Crippen molar-refractivity contribution in [1.82, 2.24) is 19.5 Å². The Labute approximate surface area is 151 Å². The number of ether oxygens (including phenoxy) is 1. The monoisotopic (exact) mass is 352 g/mol. The van der Waals surface area contributed by atoms with Gasteiger partial charge in [0.1, 0.15) is 30.2 Å². The van der Waals surface area contributed by atoms with Crippen molar-refractivity contribution in [3.63, 3.8) is 0 Å². The molecule has 23 heavy (non-hydrogen) atoms. The average molecular weight is 352 g/mol. The molecular formula is C10H12N5NaO6P. The molecule has 11 nitrogen and oxygen atoms in total. The fraction of sp³-hybridized carbons (Fsp3) is 0.500. The summed E-state index contributed by atoms with van der Waals surface area (Å²) in [7, 11) is -4.16. The zero-order chi connectivity index (χ0) is 15.5. The number of phosphoric ester groups is 1. The van der Waals surface area contributed by atoms with Crippen molar-refractivity contribution < 1.29 is 28.3 Å². The number of aromatic nitrogens is 4. The Hall–Kier alpha value is -0.620. The Morgan fingerprint density at radius 3 is 2.96 bits per heavy atom.